The van der Waals surface area contributed by atoms with Crippen molar-refractivity contribution >= 4 is 5.97 Å². The molecule has 3 N–H and O–H groups in total. The number of ether oxygens (including phenoxy) is 1. The van der Waals surface area contributed by atoms with Crippen molar-refractivity contribution in [3.63, 3.8) is 0 Å². The molecule has 0 bridgehead atoms. The highest BCUT2D eigenvalue weighted by molar-refractivity contribution is 5.82. The number of carboxylic acids is 1. The van der Waals surface area contributed by atoms with Gasteiger partial charge in [0.25, 0.3) is 0 Å². The number of methoxy groups -OCH3 is 1. The summed E-state index contributed by atoms with van der Waals surface area (Å²) in [7, 11) is 1.53. The third-order valence-electron chi connectivity index (χ3n) is 2.82. The zero-order valence-corrected chi connectivity index (χ0v) is 9.56. The van der Waals surface area contributed by atoms with Crippen LogP contribution in [0.15, 0.2) is 24.3 Å². The van der Waals surface area contributed by atoms with E-state index in [0.29, 0.717) is 24.3 Å². The van der Waals surface area contributed by atoms with Gasteiger partial charge >= 0.3 is 5.97 Å². The maximum absolute atomic E-state index is 11.4. The molecule has 0 aliphatic heterocycles. The van der Waals surface area contributed by atoms with Gasteiger partial charge < -0.3 is 15.6 Å². The van der Waals surface area contributed by atoms with Crippen LogP contribution < -0.4 is 10.5 Å². The molecular weight excluding hydrogens is 206 g/mol. The molecule has 0 aliphatic carbocycles. The SMILES string of the molecule is COc1ccccc1C(C)(CCN)C(=O)O. The number of aliphatic carboxylic acids is 1. The Morgan fingerprint density at radius 3 is 2.62 bits per heavy atom. The highest BCUT2D eigenvalue weighted by atomic mass is 16.5. The lowest BCUT2D eigenvalue weighted by Crippen LogP contribution is -2.35. The van der Waals surface area contributed by atoms with Crippen LogP contribution in [0.3, 0.4) is 0 Å². The van der Waals surface area contributed by atoms with E-state index in [1.807, 2.05) is 6.07 Å². The van der Waals surface area contributed by atoms with E-state index in [-0.39, 0.29) is 0 Å². The number of para-hydroxylation sites is 1. The van der Waals surface area contributed by atoms with Crippen molar-refractivity contribution in [3.05, 3.63) is 29.8 Å². The number of carbonyl (C=O) groups is 1. The van der Waals surface area contributed by atoms with Crippen molar-refractivity contribution in [1.82, 2.24) is 0 Å². The summed E-state index contributed by atoms with van der Waals surface area (Å²) < 4.78 is 5.18. The molecule has 1 aromatic rings. The van der Waals surface area contributed by atoms with Crippen LogP contribution in [0.5, 0.6) is 5.75 Å². The predicted molar refractivity (Wildman–Crippen MR) is 61.7 cm³/mol. The molecule has 1 rings (SSSR count). The molecule has 1 atom stereocenters. The minimum atomic E-state index is -0.999. The van der Waals surface area contributed by atoms with Crippen molar-refractivity contribution in [2.75, 3.05) is 13.7 Å². The zero-order chi connectivity index (χ0) is 12.2. The molecule has 1 unspecified atom stereocenters. The third-order valence-corrected chi connectivity index (χ3v) is 2.82. The second kappa shape index (κ2) is 4.99. The van der Waals surface area contributed by atoms with Gasteiger partial charge in [-0.05, 0) is 26.0 Å². The Morgan fingerprint density at radius 1 is 1.50 bits per heavy atom. The molecule has 1 aromatic carbocycles. The van der Waals surface area contributed by atoms with Gasteiger partial charge in [0.05, 0.1) is 12.5 Å². The first kappa shape index (κ1) is 12.5. The van der Waals surface area contributed by atoms with Gasteiger partial charge in [0.1, 0.15) is 5.75 Å². The van der Waals surface area contributed by atoms with Crippen LogP contribution in [-0.4, -0.2) is 24.7 Å². The maximum atomic E-state index is 11.4. The molecule has 0 aliphatic rings. The van der Waals surface area contributed by atoms with E-state index in [1.165, 1.54) is 7.11 Å². The Bertz CT molecular complexity index is 378. The molecule has 0 spiro atoms. The van der Waals surface area contributed by atoms with Gasteiger partial charge in [-0.25, -0.2) is 0 Å². The van der Waals surface area contributed by atoms with E-state index in [9.17, 15) is 9.90 Å². The number of rotatable bonds is 5. The summed E-state index contributed by atoms with van der Waals surface area (Å²) in [6.07, 6.45) is 0.378. The summed E-state index contributed by atoms with van der Waals surface area (Å²) >= 11 is 0. The average Bonchev–Trinajstić information content (AvgIpc) is 2.29. The number of nitrogens with two attached hydrogens (primary N) is 1. The smallest absolute Gasteiger partial charge is 0.314 e. The average molecular weight is 223 g/mol. The molecule has 0 heterocycles. The Balaban J connectivity index is 3.25. The standard InChI is InChI=1S/C12H17NO3/c1-12(7-8-13,11(14)15)9-5-3-4-6-10(9)16-2/h3-6H,7-8,13H2,1-2H3,(H,14,15). The Morgan fingerprint density at radius 2 is 2.12 bits per heavy atom. The Hall–Kier alpha value is -1.55. The third kappa shape index (κ3) is 2.17. The van der Waals surface area contributed by atoms with E-state index in [1.54, 1.807) is 25.1 Å². The summed E-state index contributed by atoms with van der Waals surface area (Å²) in [5, 5.41) is 9.33. The normalized spacial score (nSPS) is 14.2. The summed E-state index contributed by atoms with van der Waals surface area (Å²) in [5.74, 6) is -0.302. The molecular formula is C12H17NO3. The maximum Gasteiger partial charge on any atom is 0.314 e. The van der Waals surface area contributed by atoms with Crippen LogP contribution in [0.1, 0.15) is 18.9 Å². The van der Waals surface area contributed by atoms with Crippen molar-refractivity contribution in [3.8, 4) is 5.75 Å². The topological polar surface area (TPSA) is 72.5 Å². The molecule has 0 saturated heterocycles. The molecule has 88 valence electrons. The second-order valence-electron chi connectivity index (χ2n) is 3.88. The lowest BCUT2D eigenvalue weighted by Gasteiger charge is -2.26. The monoisotopic (exact) mass is 223 g/mol. The van der Waals surface area contributed by atoms with Gasteiger partial charge in [0.2, 0.25) is 0 Å². The molecule has 0 radical (unpaired) electrons. The second-order valence-corrected chi connectivity index (χ2v) is 3.88. The van der Waals surface area contributed by atoms with E-state index < -0.39 is 11.4 Å². The van der Waals surface area contributed by atoms with Crippen LogP contribution >= 0.6 is 0 Å². The first-order valence-corrected chi connectivity index (χ1v) is 5.13. The summed E-state index contributed by atoms with van der Waals surface area (Å²) in [6, 6.07) is 7.14. The predicted octanol–water partition coefficient (Wildman–Crippen LogP) is 1.39. The minimum absolute atomic E-state index is 0.320. The number of hydrogen-bond acceptors (Lipinski definition) is 3. The quantitative estimate of drug-likeness (QED) is 0.791. The van der Waals surface area contributed by atoms with Gasteiger partial charge in [0.15, 0.2) is 0 Å². The van der Waals surface area contributed by atoms with Crippen LogP contribution in [0, 0.1) is 0 Å². The van der Waals surface area contributed by atoms with E-state index in [2.05, 4.69) is 0 Å². The first-order chi connectivity index (χ1) is 7.56. The molecule has 16 heavy (non-hydrogen) atoms. The van der Waals surface area contributed by atoms with Crippen LogP contribution in [0.25, 0.3) is 0 Å². The largest absolute Gasteiger partial charge is 0.496 e. The fourth-order valence-electron chi connectivity index (χ4n) is 1.75. The number of carboxylic acid groups (broad SMARTS) is 1. The number of benzene rings is 1. The zero-order valence-electron chi connectivity index (χ0n) is 9.56. The lowest BCUT2D eigenvalue weighted by molar-refractivity contribution is -0.143. The number of hydrogen-bond donors (Lipinski definition) is 2. The van der Waals surface area contributed by atoms with Gasteiger partial charge in [-0.15, -0.1) is 0 Å². The fourth-order valence-corrected chi connectivity index (χ4v) is 1.75. The Kier molecular flexibility index (Phi) is 3.90. The van der Waals surface area contributed by atoms with Crippen LogP contribution in [-0.2, 0) is 10.2 Å². The fraction of sp³-hybridized carbons (Fsp3) is 0.417. The van der Waals surface area contributed by atoms with E-state index in [4.69, 9.17) is 10.5 Å². The Labute approximate surface area is 95.0 Å². The molecule has 4 heteroatoms. The van der Waals surface area contributed by atoms with Crippen LogP contribution in [0.2, 0.25) is 0 Å². The van der Waals surface area contributed by atoms with Crippen molar-refractivity contribution in [2.45, 2.75) is 18.8 Å². The van der Waals surface area contributed by atoms with Crippen molar-refractivity contribution < 1.29 is 14.6 Å². The molecule has 0 amide bonds. The molecule has 0 saturated carbocycles. The molecule has 0 fully saturated rings. The van der Waals surface area contributed by atoms with E-state index >= 15 is 0 Å². The van der Waals surface area contributed by atoms with Crippen LogP contribution in [0.4, 0.5) is 0 Å². The molecule has 0 aromatic heterocycles. The highest BCUT2D eigenvalue weighted by Gasteiger charge is 2.36. The lowest BCUT2D eigenvalue weighted by atomic mass is 9.79. The van der Waals surface area contributed by atoms with Gasteiger partial charge in [-0.1, -0.05) is 18.2 Å². The summed E-state index contributed by atoms with van der Waals surface area (Å²) in [5.41, 5.74) is 5.14. The summed E-state index contributed by atoms with van der Waals surface area (Å²) in [4.78, 5) is 11.4. The minimum Gasteiger partial charge on any atom is -0.496 e. The highest BCUT2D eigenvalue weighted by Crippen LogP contribution is 2.34. The molecule has 4 nitrogen and oxygen atoms in total. The van der Waals surface area contributed by atoms with Crippen molar-refractivity contribution in [1.29, 1.82) is 0 Å². The van der Waals surface area contributed by atoms with Crippen molar-refractivity contribution in [2.24, 2.45) is 5.73 Å². The van der Waals surface area contributed by atoms with E-state index in [0.717, 1.165) is 0 Å². The van der Waals surface area contributed by atoms with Gasteiger partial charge in [-0.2, -0.15) is 0 Å². The van der Waals surface area contributed by atoms with Gasteiger partial charge in [0, 0.05) is 5.56 Å². The first-order valence-electron chi connectivity index (χ1n) is 5.13. The van der Waals surface area contributed by atoms with Gasteiger partial charge in [-0.3, -0.25) is 4.79 Å². The summed E-state index contributed by atoms with van der Waals surface area (Å²) in [6.45, 7) is 1.99.